The molecule has 1 fully saturated rings. The molecule has 0 radical (unpaired) electrons. The van der Waals surface area contributed by atoms with Crippen LogP contribution in [0.3, 0.4) is 0 Å². The van der Waals surface area contributed by atoms with Gasteiger partial charge in [-0.2, -0.15) is 0 Å². The topological polar surface area (TPSA) is 53.4 Å². The van der Waals surface area contributed by atoms with Crippen molar-refractivity contribution >= 4 is 5.97 Å². The van der Waals surface area contributed by atoms with Crippen molar-refractivity contribution in [2.24, 2.45) is 5.41 Å². The highest BCUT2D eigenvalue weighted by molar-refractivity contribution is 5.75. The predicted octanol–water partition coefficient (Wildman–Crippen LogP) is 2.98. The molecule has 4 nitrogen and oxygen atoms in total. The largest absolute Gasteiger partial charge is 0.481 e. The molecule has 2 heterocycles. The van der Waals surface area contributed by atoms with Gasteiger partial charge in [0.15, 0.2) is 0 Å². The van der Waals surface area contributed by atoms with Gasteiger partial charge in [-0.05, 0) is 70.2 Å². The van der Waals surface area contributed by atoms with Crippen LogP contribution in [0.25, 0.3) is 0 Å². The highest BCUT2D eigenvalue weighted by Gasteiger charge is 2.42. The van der Waals surface area contributed by atoms with Crippen molar-refractivity contribution in [2.75, 3.05) is 13.1 Å². The summed E-state index contributed by atoms with van der Waals surface area (Å²) in [5.74, 6) is -0.623. The molecule has 116 valence electrons. The molecule has 0 saturated carbocycles. The monoisotopic (exact) mass is 290 g/mol. The van der Waals surface area contributed by atoms with Crippen molar-refractivity contribution in [2.45, 2.75) is 52.0 Å². The average molecular weight is 290 g/mol. The van der Waals surface area contributed by atoms with Crippen LogP contribution < -0.4 is 0 Å². The van der Waals surface area contributed by atoms with Crippen molar-refractivity contribution in [3.63, 3.8) is 0 Å². The van der Waals surface area contributed by atoms with Crippen molar-refractivity contribution in [3.8, 4) is 0 Å². The van der Waals surface area contributed by atoms with Gasteiger partial charge in [-0.25, -0.2) is 0 Å². The van der Waals surface area contributed by atoms with Crippen LogP contribution >= 0.6 is 0 Å². The summed E-state index contributed by atoms with van der Waals surface area (Å²) in [6, 6.07) is 4.44. The number of pyridine rings is 1. The standard InChI is InChI=1S/C17H26N2O2/c1-14(2)19-12-4-9-17(13-19,16(20)21)8-3-5-15-6-10-18-11-7-15/h6-7,10-11,14H,3-5,8-9,12-13H2,1-2H3,(H,20,21). The summed E-state index contributed by atoms with van der Waals surface area (Å²) in [6.07, 6.45) is 7.99. The molecule has 0 spiro atoms. The molecular weight excluding hydrogens is 264 g/mol. The van der Waals surface area contributed by atoms with Crippen LogP contribution in [0.15, 0.2) is 24.5 Å². The van der Waals surface area contributed by atoms with Crippen molar-refractivity contribution in [1.29, 1.82) is 0 Å². The van der Waals surface area contributed by atoms with E-state index in [2.05, 4.69) is 23.7 Å². The summed E-state index contributed by atoms with van der Waals surface area (Å²) in [4.78, 5) is 18.2. The number of rotatable bonds is 6. The van der Waals surface area contributed by atoms with E-state index >= 15 is 0 Å². The molecular formula is C17H26N2O2. The molecule has 1 aromatic rings. The Kier molecular flexibility index (Phi) is 5.34. The van der Waals surface area contributed by atoms with E-state index in [9.17, 15) is 9.90 Å². The molecule has 1 saturated heterocycles. The Bertz CT molecular complexity index is 461. The third kappa shape index (κ3) is 4.03. The highest BCUT2D eigenvalue weighted by atomic mass is 16.4. The fourth-order valence-electron chi connectivity index (χ4n) is 3.27. The number of nitrogens with zero attached hydrogens (tertiary/aromatic N) is 2. The summed E-state index contributed by atoms with van der Waals surface area (Å²) < 4.78 is 0. The zero-order chi connectivity index (χ0) is 15.3. The maximum absolute atomic E-state index is 11.9. The minimum absolute atomic E-state index is 0.421. The molecule has 21 heavy (non-hydrogen) atoms. The number of aryl methyl sites for hydroxylation is 1. The second kappa shape index (κ2) is 7.03. The third-order valence-electron chi connectivity index (χ3n) is 4.66. The van der Waals surface area contributed by atoms with Crippen LogP contribution in [0, 0.1) is 5.41 Å². The van der Waals surface area contributed by atoms with E-state index in [4.69, 9.17) is 0 Å². The number of carboxylic acid groups (broad SMARTS) is 1. The van der Waals surface area contributed by atoms with Gasteiger partial charge in [0.05, 0.1) is 5.41 Å². The number of piperidine rings is 1. The van der Waals surface area contributed by atoms with Gasteiger partial charge >= 0.3 is 5.97 Å². The second-order valence-electron chi connectivity index (χ2n) is 6.46. The molecule has 1 aliphatic rings. The second-order valence-corrected chi connectivity index (χ2v) is 6.46. The Morgan fingerprint density at radius 3 is 2.76 bits per heavy atom. The molecule has 0 bridgehead atoms. The Hall–Kier alpha value is -1.42. The van der Waals surface area contributed by atoms with E-state index in [1.54, 1.807) is 12.4 Å². The lowest BCUT2D eigenvalue weighted by Crippen LogP contribution is -2.50. The predicted molar refractivity (Wildman–Crippen MR) is 83.2 cm³/mol. The van der Waals surface area contributed by atoms with E-state index in [-0.39, 0.29) is 0 Å². The first-order valence-electron chi connectivity index (χ1n) is 7.90. The van der Waals surface area contributed by atoms with Gasteiger partial charge < -0.3 is 5.11 Å². The van der Waals surface area contributed by atoms with Crippen LogP contribution in [0.5, 0.6) is 0 Å². The fourth-order valence-corrected chi connectivity index (χ4v) is 3.27. The van der Waals surface area contributed by atoms with E-state index in [0.29, 0.717) is 12.6 Å². The zero-order valence-corrected chi connectivity index (χ0v) is 13.1. The minimum atomic E-state index is -0.623. The number of hydrogen-bond acceptors (Lipinski definition) is 3. The molecule has 1 aromatic heterocycles. The first-order valence-corrected chi connectivity index (χ1v) is 7.90. The van der Waals surface area contributed by atoms with Gasteiger partial charge in [0, 0.05) is 25.0 Å². The van der Waals surface area contributed by atoms with Crippen LogP contribution in [0.4, 0.5) is 0 Å². The Morgan fingerprint density at radius 1 is 1.43 bits per heavy atom. The van der Waals surface area contributed by atoms with Crippen LogP contribution in [-0.4, -0.2) is 40.1 Å². The number of likely N-dealkylation sites (tertiary alicyclic amines) is 1. The Morgan fingerprint density at radius 2 is 2.14 bits per heavy atom. The molecule has 1 aliphatic heterocycles. The van der Waals surface area contributed by atoms with Gasteiger partial charge in [-0.15, -0.1) is 0 Å². The molecule has 0 aromatic carbocycles. The average Bonchev–Trinajstić information content (AvgIpc) is 2.48. The molecule has 1 N–H and O–H groups in total. The Balaban J connectivity index is 1.97. The smallest absolute Gasteiger partial charge is 0.310 e. The summed E-state index contributed by atoms with van der Waals surface area (Å²) >= 11 is 0. The summed E-state index contributed by atoms with van der Waals surface area (Å²) in [5, 5.41) is 9.75. The highest BCUT2D eigenvalue weighted by Crippen LogP contribution is 2.36. The maximum atomic E-state index is 11.9. The lowest BCUT2D eigenvalue weighted by atomic mass is 9.75. The summed E-state index contributed by atoms with van der Waals surface area (Å²) in [6.45, 7) is 6.01. The number of aliphatic carboxylic acids is 1. The van der Waals surface area contributed by atoms with Gasteiger partial charge in [-0.1, -0.05) is 0 Å². The first kappa shape index (κ1) is 16.0. The summed E-state index contributed by atoms with van der Waals surface area (Å²) in [5.41, 5.74) is 0.678. The van der Waals surface area contributed by atoms with E-state index in [1.165, 1.54) is 5.56 Å². The normalized spacial score (nSPS) is 23.4. The lowest BCUT2D eigenvalue weighted by Gasteiger charge is -2.42. The Labute approximate surface area is 127 Å². The first-order chi connectivity index (χ1) is 10.0. The number of carbonyl (C=O) groups is 1. The van der Waals surface area contributed by atoms with Crippen LogP contribution in [0.2, 0.25) is 0 Å². The SMILES string of the molecule is CC(C)N1CCCC(CCCc2ccncc2)(C(=O)O)C1. The molecule has 1 atom stereocenters. The van der Waals surface area contributed by atoms with Gasteiger partial charge in [0.25, 0.3) is 0 Å². The molecule has 0 amide bonds. The number of carboxylic acids is 1. The van der Waals surface area contributed by atoms with Crippen molar-refractivity contribution in [3.05, 3.63) is 30.1 Å². The molecule has 0 aliphatic carbocycles. The van der Waals surface area contributed by atoms with E-state index in [0.717, 1.165) is 38.6 Å². The van der Waals surface area contributed by atoms with Crippen LogP contribution in [0.1, 0.15) is 45.1 Å². The van der Waals surface area contributed by atoms with Crippen molar-refractivity contribution in [1.82, 2.24) is 9.88 Å². The molecule has 2 rings (SSSR count). The quantitative estimate of drug-likeness (QED) is 0.875. The van der Waals surface area contributed by atoms with Crippen LogP contribution in [-0.2, 0) is 11.2 Å². The number of aromatic nitrogens is 1. The molecule has 1 unspecified atom stereocenters. The van der Waals surface area contributed by atoms with E-state index in [1.807, 2.05) is 12.1 Å². The third-order valence-corrected chi connectivity index (χ3v) is 4.66. The fraction of sp³-hybridized carbons (Fsp3) is 0.647. The van der Waals surface area contributed by atoms with Gasteiger partial charge in [0.2, 0.25) is 0 Å². The van der Waals surface area contributed by atoms with Crippen molar-refractivity contribution < 1.29 is 9.90 Å². The maximum Gasteiger partial charge on any atom is 0.310 e. The van der Waals surface area contributed by atoms with Gasteiger partial charge in [-0.3, -0.25) is 14.7 Å². The van der Waals surface area contributed by atoms with Gasteiger partial charge in [0.1, 0.15) is 0 Å². The van der Waals surface area contributed by atoms with E-state index < -0.39 is 11.4 Å². The number of hydrogen-bond donors (Lipinski definition) is 1. The molecule has 4 heteroatoms. The zero-order valence-electron chi connectivity index (χ0n) is 13.1. The summed E-state index contributed by atoms with van der Waals surface area (Å²) in [7, 11) is 0. The lowest BCUT2D eigenvalue weighted by molar-refractivity contribution is -0.153. The minimum Gasteiger partial charge on any atom is -0.481 e.